The number of fused-ring (bicyclic) bond motifs is 1. The molecule has 0 unspecified atom stereocenters. The number of piperidine rings is 1. The predicted molar refractivity (Wildman–Crippen MR) is 107 cm³/mol. The van der Waals surface area contributed by atoms with E-state index >= 15 is 0 Å². The summed E-state index contributed by atoms with van der Waals surface area (Å²) in [4.78, 5) is 0. The third kappa shape index (κ3) is 2.52. The van der Waals surface area contributed by atoms with E-state index in [-0.39, 0.29) is 5.41 Å². The highest BCUT2D eigenvalue weighted by Gasteiger charge is 2.51. The van der Waals surface area contributed by atoms with E-state index in [1.54, 1.807) is 0 Å². The summed E-state index contributed by atoms with van der Waals surface area (Å²) in [6, 6.07) is 12.4. The molecule has 1 aliphatic heterocycles. The number of anilines is 2. The molecule has 2 aromatic carbocycles. The lowest BCUT2D eigenvalue weighted by Crippen LogP contribution is -2.59. The summed E-state index contributed by atoms with van der Waals surface area (Å²) < 4.78 is 0. The van der Waals surface area contributed by atoms with Gasteiger partial charge in [0.2, 0.25) is 0 Å². The minimum Gasteiger partial charge on any atom is -0.506 e. The molecule has 2 aliphatic carbocycles. The molecule has 1 saturated heterocycles. The van der Waals surface area contributed by atoms with Gasteiger partial charge in [-0.2, -0.15) is 0 Å². The first kappa shape index (κ1) is 16.5. The van der Waals surface area contributed by atoms with Crippen LogP contribution in [0.25, 0.3) is 0 Å². The molecular formula is C22H25ClN2O. The molecule has 0 amide bonds. The predicted octanol–water partition coefficient (Wildman–Crippen LogP) is 5.14. The van der Waals surface area contributed by atoms with Crippen LogP contribution in [-0.4, -0.2) is 17.7 Å². The molecule has 2 bridgehead atoms. The fourth-order valence-electron chi connectivity index (χ4n) is 5.76. The van der Waals surface area contributed by atoms with Crippen molar-refractivity contribution in [1.29, 1.82) is 0 Å². The van der Waals surface area contributed by atoms with Crippen molar-refractivity contribution in [3.05, 3.63) is 52.5 Å². The zero-order chi connectivity index (χ0) is 17.7. The van der Waals surface area contributed by atoms with Crippen molar-refractivity contribution in [2.75, 3.05) is 11.9 Å². The van der Waals surface area contributed by atoms with Gasteiger partial charge in [0.15, 0.2) is 0 Å². The van der Waals surface area contributed by atoms with Crippen molar-refractivity contribution < 1.29 is 5.11 Å². The van der Waals surface area contributed by atoms with Gasteiger partial charge in [-0.15, -0.1) is 0 Å². The maximum Gasteiger partial charge on any atom is 0.139 e. The van der Waals surface area contributed by atoms with Crippen LogP contribution >= 0.6 is 11.6 Å². The van der Waals surface area contributed by atoms with Crippen LogP contribution in [0.3, 0.4) is 0 Å². The molecule has 2 fully saturated rings. The molecule has 2 aromatic rings. The van der Waals surface area contributed by atoms with E-state index in [1.807, 2.05) is 24.3 Å². The first-order chi connectivity index (χ1) is 12.7. The maximum atomic E-state index is 10.8. The average molecular weight is 369 g/mol. The van der Waals surface area contributed by atoms with Crippen molar-refractivity contribution in [3.8, 4) is 5.75 Å². The molecule has 4 heteroatoms. The highest BCUT2D eigenvalue weighted by Crippen LogP contribution is 2.55. The number of halogens is 1. The molecule has 3 nitrogen and oxygen atoms in total. The summed E-state index contributed by atoms with van der Waals surface area (Å²) in [6.07, 6.45) is 7.52. The fourth-order valence-corrected chi connectivity index (χ4v) is 5.89. The van der Waals surface area contributed by atoms with E-state index in [0.29, 0.717) is 16.8 Å². The molecule has 1 saturated carbocycles. The second kappa shape index (κ2) is 6.17. The van der Waals surface area contributed by atoms with E-state index in [1.165, 1.54) is 43.2 Å². The fraction of sp³-hybridized carbons (Fsp3) is 0.455. The molecule has 26 heavy (non-hydrogen) atoms. The van der Waals surface area contributed by atoms with Crippen LogP contribution < -0.4 is 10.6 Å². The molecule has 3 atom stereocenters. The van der Waals surface area contributed by atoms with Crippen molar-refractivity contribution in [3.63, 3.8) is 0 Å². The normalized spacial score (nSPS) is 29.6. The van der Waals surface area contributed by atoms with Gasteiger partial charge in [0.05, 0.1) is 5.69 Å². The number of hydrogen-bond acceptors (Lipinski definition) is 3. The van der Waals surface area contributed by atoms with E-state index in [2.05, 4.69) is 22.8 Å². The molecular weight excluding hydrogens is 344 g/mol. The Morgan fingerprint density at radius 2 is 1.96 bits per heavy atom. The molecule has 0 radical (unpaired) electrons. The number of rotatable bonds is 2. The van der Waals surface area contributed by atoms with Gasteiger partial charge < -0.3 is 15.7 Å². The number of phenolic OH excluding ortho intramolecular Hbond substituents is 1. The number of hydrogen-bond donors (Lipinski definition) is 3. The van der Waals surface area contributed by atoms with Crippen LogP contribution in [0.15, 0.2) is 36.4 Å². The maximum absolute atomic E-state index is 10.8. The van der Waals surface area contributed by atoms with Gasteiger partial charge in [0.1, 0.15) is 5.75 Å². The Labute approximate surface area is 159 Å². The Morgan fingerprint density at radius 1 is 1.12 bits per heavy atom. The van der Waals surface area contributed by atoms with Crippen molar-refractivity contribution in [2.45, 2.75) is 50.0 Å². The summed E-state index contributed by atoms with van der Waals surface area (Å²) >= 11 is 5.98. The summed E-state index contributed by atoms with van der Waals surface area (Å²) in [6.45, 7) is 1.10. The Kier molecular flexibility index (Phi) is 3.91. The van der Waals surface area contributed by atoms with Crippen LogP contribution in [0.1, 0.15) is 43.2 Å². The highest BCUT2D eigenvalue weighted by atomic mass is 35.5. The number of nitrogens with one attached hydrogen (secondary N) is 2. The van der Waals surface area contributed by atoms with Gasteiger partial charge in [0.25, 0.3) is 0 Å². The van der Waals surface area contributed by atoms with Crippen molar-refractivity contribution >= 4 is 23.0 Å². The van der Waals surface area contributed by atoms with Crippen LogP contribution in [0.4, 0.5) is 11.4 Å². The first-order valence-corrected chi connectivity index (χ1v) is 10.2. The van der Waals surface area contributed by atoms with Crippen LogP contribution in [0.2, 0.25) is 5.02 Å². The lowest BCUT2D eigenvalue weighted by atomic mass is 9.53. The van der Waals surface area contributed by atoms with Crippen molar-refractivity contribution in [2.24, 2.45) is 5.92 Å². The van der Waals surface area contributed by atoms with Gasteiger partial charge in [-0.1, -0.05) is 24.4 Å². The minimum absolute atomic E-state index is 0.276. The van der Waals surface area contributed by atoms with Crippen molar-refractivity contribution in [1.82, 2.24) is 5.32 Å². The largest absolute Gasteiger partial charge is 0.506 e. The second-order valence-electron chi connectivity index (χ2n) is 8.18. The molecule has 136 valence electrons. The third-order valence-electron chi connectivity index (χ3n) is 6.88. The topological polar surface area (TPSA) is 44.3 Å². The highest BCUT2D eigenvalue weighted by molar-refractivity contribution is 6.30. The summed E-state index contributed by atoms with van der Waals surface area (Å²) in [5.74, 6) is 1.08. The Hall–Kier alpha value is -1.71. The lowest BCUT2D eigenvalue weighted by Gasteiger charge is -2.56. The standard InChI is InChI=1S/C22H25ClN2O/c23-15-4-6-16(7-5-15)25-20-12-14-11-19-17-3-1-2-8-22(17,9-10-24-19)18(14)13-21(20)26/h4-7,12-13,17,19,24-26H,1-3,8-11H2/t17-,19+,22+/m1/s1. The first-order valence-electron chi connectivity index (χ1n) is 9.78. The molecule has 5 rings (SSSR count). The molecule has 3 N–H and O–H groups in total. The van der Waals surface area contributed by atoms with E-state index in [0.717, 1.165) is 30.3 Å². The van der Waals surface area contributed by atoms with Gasteiger partial charge in [-0.05, 0) is 85.7 Å². The number of phenols is 1. The monoisotopic (exact) mass is 368 g/mol. The van der Waals surface area contributed by atoms with Gasteiger partial charge in [0, 0.05) is 22.2 Å². The Morgan fingerprint density at radius 3 is 2.81 bits per heavy atom. The van der Waals surface area contributed by atoms with Crippen LogP contribution in [0, 0.1) is 5.92 Å². The van der Waals surface area contributed by atoms with Gasteiger partial charge in [-0.3, -0.25) is 0 Å². The average Bonchev–Trinajstić information content (AvgIpc) is 2.65. The Balaban J connectivity index is 1.55. The smallest absolute Gasteiger partial charge is 0.139 e. The lowest BCUT2D eigenvalue weighted by molar-refractivity contribution is 0.0796. The molecule has 0 aromatic heterocycles. The quantitative estimate of drug-likeness (QED) is 0.643. The summed E-state index contributed by atoms with van der Waals surface area (Å²) in [5, 5.41) is 18.6. The molecule has 3 aliphatic rings. The van der Waals surface area contributed by atoms with Gasteiger partial charge >= 0.3 is 0 Å². The summed E-state index contributed by atoms with van der Waals surface area (Å²) in [7, 11) is 0. The van der Waals surface area contributed by atoms with Crippen LogP contribution in [-0.2, 0) is 11.8 Å². The zero-order valence-electron chi connectivity index (χ0n) is 14.9. The second-order valence-corrected chi connectivity index (χ2v) is 8.62. The Bertz CT molecular complexity index is 831. The van der Waals surface area contributed by atoms with E-state index in [9.17, 15) is 5.11 Å². The number of aromatic hydroxyl groups is 1. The number of benzene rings is 2. The van der Waals surface area contributed by atoms with E-state index in [4.69, 9.17) is 11.6 Å². The summed E-state index contributed by atoms with van der Waals surface area (Å²) in [5.41, 5.74) is 4.81. The molecule has 0 spiro atoms. The minimum atomic E-state index is 0.276. The molecule has 1 heterocycles. The van der Waals surface area contributed by atoms with Gasteiger partial charge in [-0.25, -0.2) is 0 Å². The SMILES string of the molecule is Oc1cc2c(cc1Nc1ccc(Cl)cc1)C[C@@H]1NCC[C@]23CCCC[C@H]13. The zero-order valence-corrected chi connectivity index (χ0v) is 15.6. The van der Waals surface area contributed by atoms with E-state index < -0.39 is 0 Å². The third-order valence-corrected chi connectivity index (χ3v) is 7.13. The van der Waals surface area contributed by atoms with Crippen LogP contribution in [0.5, 0.6) is 5.75 Å².